The summed E-state index contributed by atoms with van der Waals surface area (Å²) in [6, 6.07) is 6.07. The molecule has 114 valence electrons. The Labute approximate surface area is 123 Å². The third-order valence-corrected chi connectivity index (χ3v) is 3.52. The van der Waals surface area contributed by atoms with E-state index in [0.29, 0.717) is 32.5 Å². The normalized spacial score (nSPS) is 15.6. The molecular formula is C15H19FN2O3. The van der Waals surface area contributed by atoms with Gasteiger partial charge in [0.15, 0.2) is 0 Å². The first-order chi connectivity index (χ1) is 10.1. The van der Waals surface area contributed by atoms with E-state index in [-0.39, 0.29) is 23.6 Å². The van der Waals surface area contributed by atoms with E-state index >= 15 is 0 Å². The van der Waals surface area contributed by atoms with Crippen LogP contribution < -0.4 is 5.32 Å². The van der Waals surface area contributed by atoms with Gasteiger partial charge in [0.1, 0.15) is 5.82 Å². The topological polar surface area (TPSA) is 58.6 Å². The highest BCUT2D eigenvalue weighted by molar-refractivity contribution is 5.92. The second kappa shape index (κ2) is 7.06. The van der Waals surface area contributed by atoms with Crippen LogP contribution in [0.3, 0.4) is 0 Å². The average Bonchev–Trinajstić information content (AvgIpc) is 2.50. The molecule has 2 amide bonds. The second-order valence-electron chi connectivity index (χ2n) is 4.93. The Bertz CT molecular complexity index is 513. The van der Waals surface area contributed by atoms with Crippen LogP contribution in [0, 0.1) is 11.7 Å². The summed E-state index contributed by atoms with van der Waals surface area (Å²) in [5, 5.41) is 2.60. The molecule has 0 unspecified atom stereocenters. The Hall–Kier alpha value is -2.11. The van der Waals surface area contributed by atoms with Crippen LogP contribution in [0.4, 0.5) is 14.9 Å². The summed E-state index contributed by atoms with van der Waals surface area (Å²) < 4.78 is 18.4. The van der Waals surface area contributed by atoms with E-state index < -0.39 is 5.82 Å². The predicted octanol–water partition coefficient (Wildman–Crippen LogP) is 2.63. The van der Waals surface area contributed by atoms with Gasteiger partial charge in [0.25, 0.3) is 0 Å². The molecule has 0 radical (unpaired) electrons. The first kappa shape index (κ1) is 15.3. The molecule has 1 aliphatic heterocycles. The van der Waals surface area contributed by atoms with E-state index in [1.807, 2.05) is 0 Å². The SMILES string of the molecule is CCOC(=O)N1CCC(C(=O)Nc2ccccc2F)CC1. The minimum absolute atomic E-state index is 0.190. The number of para-hydroxylation sites is 1. The quantitative estimate of drug-likeness (QED) is 0.932. The summed E-state index contributed by atoms with van der Waals surface area (Å²) >= 11 is 0. The number of nitrogens with zero attached hydrogens (tertiary/aromatic N) is 1. The van der Waals surface area contributed by atoms with Crippen molar-refractivity contribution in [1.29, 1.82) is 0 Å². The molecular weight excluding hydrogens is 275 g/mol. The number of halogens is 1. The van der Waals surface area contributed by atoms with Gasteiger partial charge in [0, 0.05) is 19.0 Å². The van der Waals surface area contributed by atoms with E-state index in [1.165, 1.54) is 12.1 Å². The zero-order chi connectivity index (χ0) is 15.2. The van der Waals surface area contributed by atoms with Gasteiger partial charge < -0.3 is 15.0 Å². The van der Waals surface area contributed by atoms with Gasteiger partial charge in [-0.2, -0.15) is 0 Å². The molecule has 0 spiro atoms. The van der Waals surface area contributed by atoms with E-state index in [4.69, 9.17) is 4.74 Å². The number of nitrogens with one attached hydrogen (secondary N) is 1. The molecule has 0 aliphatic carbocycles. The molecule has 21 heavy (non-hydrogen) atoms. The largest absolute Gasteiger partial charge is 0.450 e. The number of carbonyl (C=O) groups is 2. The molecule has 5 nitrogen and oxygen atoms in total. The summed E-state index contributed by atoms with van der Waals surface area (Å²) in [6.45, 7) is 3.06. The van der Waals surface area contributed by atoms with E-state index in [1.54, 1.807) is 24.0 Å². The smallest absolute Gasteiger partial charge is 0.409 e. The molecule has 0 atom stereocenters. The van der Waals surface area contributed by atoms with Crippen molar-refractivity contribution >= 4 is 17.7 Å². The van der Waals surface area contributed by atoms with Crippen molar-refractivity contribution in [2.24, 2.45) is 5.92 Å². The van der Waals surface area contributed by atoms with Gasteiger partial charge >= 0.3 is 6.09 Å². The molecule has 1 aromatic carbocycles. The third kappa shape index (κ3) is 3.93. The molecule has 0 saturated carbocycles. The van der Waals surface area contributed by atoms with Crippen molar-refractivity contribution in [2.75, 3.05) is 25.0 Å². The number of carbonyl (C=O) groups excluding carboxylic acids is 2. The van der Waals surface area contributed by atoms with Gasteiger partial charge in [-0.25, -0.2) is 9.18 Å². The molecule has 1 aliphatic rings. The Morgan fingerprint density at radius 2 is 2.00 bits per heavy atom. The molecule has 0 bridgehead atoms. The van der Waals surface area contributed by atoms with Crippen LogP contribution in [0.2, 0.25) is 0 Å². The van der Waals surface area contributed by atoms with Crippen LogP contribution in [0.1, 0.15) is 19.8 Å². The van der Waals surface area contributed by atoms with Crippen LogP contribution in [-0.4, -0.2) is 36.6 Å². The summed E-state index contributed by atoms with van der Waals surface area (Å²) in [7, 11) is 0. The van der Waals surface area contributed by atoms with Crippen molar-refractivity contribution in [3.8, 4) is 0 Å². The molecule has 1 saturated heterocycles. The molecule has 1 aromatic rings. The number of rotatable bonds is 3. The lowest BCUT2D eigenvalue weighted by Crippen LogP contribution is -2.41. The van der Waals surface area contributed by atoms with Crippen molar-refractivity contribution in [3.05, 3.63) is 30.1 Å². The van der Waals surface area contributed by atoms with Crippen molar-refractivity contribution < 1.29 is 18.7 Å². The number of hydrogen-bond donors (Lipinski definition) is 1. The standard InChI is InChI=1S/C15H19FN2O3/c1-2-21-15(20)18-9-7-11(8-10-18)14(19)17-13-6-4-3-5-12(13)16/h3-6,11H,2,7-10H2,1H3,(H,17,19). The Balaban J connectivity index is 1.86. The third-order valence-electron chi connectivity index (χ3n) is 3.52. The first-order valence-corrected chi connectivity index (χ1v) is 7.09. The Kier molecular flexibility index (Phi) is 5.14. The zero-order valence-corrected chi connectivity index (χ0v) is 12.0. The molecule has 0 aromatic heterocycles. The highest BCUT2D eigenvalue weighted by atomic mass is 19.1. The fourth-order valence-electron chi connectivity index (χ4n) is 2.34. The van der Waals surface area contributed by atoms with Gasteiger partial charge in [-0.3, -0.25) is 4.79 Å². The Morgan fingerprint density at radius 3 is 2.62 bits per heavy atom. The average molecular weight is 294 g/mol. The molecule has 1 heterocycles. The summed E-state index contributed by atoms with van der Waals surface area (Å²) in [5.41, 5.74) is 0.190. The summed E-state index contributed by atoms with van der Waals surface area (Å²) in [4.78, 5) is 25.3. The monoisotopic (exact) mass is 294 g/mol. The zero-order valence-electron chi connectivity index (χ0n) is 12.0. The number of anilines is 1. The van der Waals surface area contributed by atoms with Gasteiger partial charge in [-0.1, -0.05) is 12.1 Å². The first-order valence-electron chi connectivity index (χ1n) is 7.09. The van der Waals surface area contributed by atoms with Gasteiger partial charge in [0.05, 0.1) is 12.3 Å². The van der Waals surface area contributed by atoms with Crippen LogP contribution >= 0.6 is 0 Å². The molecule has 6 heteroatoms. The maximum atomic E-state index is 13.5. The highest BCUT2D eigenvalue weighted by Crippen LogP contribution is 2.21. The maximum absolute atomic E-state index is 13.5. The maximum Gasteiger partial charge on any atom is 0.409 e. The number of hydrogen-bond acceptors (Lipinski definition) is 3. The number of piperidine rings is 1. The molecule has 2 rings (SSSR count). The van der Waals surface area contributed by atoms with Crippen LogP contribution in [0.25, 0.3) is 0 Å². The number of likely N-dealkylation sites (tertiary alicyclic amines) is 1. The number of amides is 2. The Morgan fingerprint density at radius 1 is 1.33 bits per heavy atom. The van der Waals surface area contributed by atoms with Crippen LogP contribution in [0.5, 0.6) is 0 Å². The van der Waals surface area contributed by atoms with Crippen LogP contribution in [-0.2, 0) is 9.53 Å². The van der Waals surface area contributed by atoms with Crippen molar-refractivity contribution in [3.63, 3.8) is 0 Å². The van der Waals surface area contributed by atoms with Gasteiger partial charge in [0.2, 0.25) is 5.91 Å². The summed E-state index contributed by atoms with van der Waals surface area (Å²) in [5.74, 6) is -0.867. The molecule has 1 fully saturated rings. The van der Waals surface area contributed by atoms with Gasteiger partial charge in [-0.15, -0.1) is 0 Å². The lowest BCUT2D eigenvalue weighted by molar-refractivity contribution is -0.121. The minimum Gasteiger partial charge on any atom is -0.450 e. The lowest BCUT2D eigenvalue weighted by atomic mass is 9.96. The van der Waals surface area contributed by atoms with E-state index in [9.17, 15) is 14.0 Å². The van der Waals surface area contributed by atoms with Gasteiger partial charge in [-0.05, 0) is 31.9 Å². The summed E-state index contributed by atoms with van der Waals surface area (Å²) in [6.07, 6.45) is 0.767. The predicted molar refractivity (Wildman–Crippen MR) is 76.3 cm³/mol. The molecule has 1 N–H and O–H groups in total. The van der Waals surface area contributed by atoms with E-state index in [2.05, 4.69) is 5.32 Å². The van der Waals surface area contributed by atoms with E-state index in [0.717, 1.165) is 0 Å². The fourth-order valence-corrected chi connectivity index (χ4v) is 2.34. The lowest BCUT2D eigenvalue weighted by Gasteiger charge is -2.30. The fraction of sp³-hybridized carbons (Fsp3) is 0.467. The minimum atomic E-state index is -0.449. The van der Waals surface area contributed by atoms with Crippen LogP contribution in [0.15, 0.2) is 24.3 Å². The number of benzene rings is 1. The second-order valence-corrected chi connectivity index (χ2v) is 4.93. The van der Waals surface area contributed by atoms with Crippen molar-refractivity contribution in [1.82, 2.24) is 4.90 Å². The van der Waals surface area contributed by atoms with Crippen molar-refractivity contribution in [2.45, 2.75) is 19.8 Å². The highest BCUT2D eigenvalue weighted by Gasteiger charge is 2.28. The number of ether oxygens (including phenoxy) is 1.